The fourth-order valence-electron chi connectivity index (χ4n) is 2.43. The number of carbonyl (C=O) groups excluding carboxylic acids is 1. The van der Waals surface area contributed by atoms with Crippen LogP contribution in [0, 0.1) is 6.92 Å². The molecule has 1 amide bonds. The molecule has 0 bridgehead atoms. The number of hydrogen-bond acceptors (Lipinski definition) is 5. The van der Waals surface area contributed by atoms with Crippen molar-refractivity contribution in [2.75, 3.05) is 11.9 Å². The van der Waals surface area contributed by atoms with Crippen LogP contribution in [-0.2, 0) is 11.2 Å². The summed E-state index contributed by atoms with van der Waals surface area (Å²) in [5, 5.41) is 14.5. The summed E-state index contributed by atoms with van der Waals surface area (Å²) in [6.45, 7) is 3.83. The van der Waals surface area contributed by atoms with E-state index < -0.39 is 0 Å². The van der Waals surface area contributed by atoms with E-state index in [-0.39, 0.29) is 12.5 Å². The molecule has 0 radical (unpaired) electrons. The number of hydrogen-bond donors (Lipinski definition) is 1. The number of rotatable bonds is 6. The molecule has 0 saturated carbocycles. The lowest BCUT2D eigenvalue weighted by Crippen LogP contribution is -2.21. The molecule has 1 aromatic heterocycles. The van der Waals surface area contributed by atoms with E-state index in [2.05, 4.69) is 20.8 Å². The van der Waals surface area contributed by atoms with Crippen molar-refractivity contribution in [3.05, 3.63) is 59.9 Å². The fraction of sp³-hybridized carbons (Fsp3) is 0.222. The van der Waals surface area contributed by atoms with Crippen molar-refractivity contribution < 1.29 is 9.53 Å². The van der Waals surface area contributed by atoms with Crippen molar-refractivity contribution in [1.82, 2.24) is 20.2 Å². The minimum Gasteiger partial charge on any atom is -0.483 e. The number of nitrogens with one attached hydrogen (secondary N) is 1. The highest BCUT2D eigenvalue weighted by atomic mass is 16.5. The molecular formula is C18H19N5O2. The molecule has 0 saturated heterocycles. The second kappa shape index (κ2) is 7.57. The Labute approximate surface area is 145 Å². The molecule has 0 spiro atoms. The summed E-state index contributed by atoms with van der Waals surface area (Å²) in [6.07, 6.45) is 0.686. The molecule has 7 nitrogen and oxygen atoms in total. The summed E-state index contributed by atoms with van der Waals surface area (Å²) in [5.41, 5.74) is 2.33. The number of amides is 1. The normalized spacial score (nSPS) is 10.5. The zero-order valence-electron chi connectivity index (χ0n) is 14.1. The lowest BCUT2D eigenvalue weighted by atomic mass is 10.2. The number of carbonyl (C=O) groups is 1. The molecule has 3 rings (SSSR count). The maximum absolute atomic E-state index is 12.3. The molecular weight excluding hydrogens is 318 g/mol. The van der Waals surface area contributed by atoms with Gasteiger partial charge in [0, 0.05) is 6.42 Å². The average molecular weight is 337 g/mol. The SMILES string of the molecule is CCc1nnnn1-c1ccccc1NC(=O)COc1ccccc1C. The first-order valence-electron chi connectivity index (χ1n) is 8.04. The van der Waals surface area contributed by atoms with Gasteiger partial charge in [0.2, 0.25) is 0 Å². The van der Waals surface area contributed by atoms with E-state index >= 15 is 0 Å². The van der Waals surface area contributed by atoms with Crippen LogP contribution in [0.5, 0.6) is 5.75 Å². The van der Waals surface area contributed by atoms with Crippen LogP contribution < -0.4 is 10.1 Å². The Morgan fingerprint density at radius 2 is 1.92 bits per heavy atom. The Bertz CT molecular complexity index is 875. The van der Waals surface area contributed by atoms with Crippen LogP contribution in [0.2, 0.25) is 0 Å². The fourth-order valence-corrected chi connectivity index (χ4v) is 2.43. The quantitative estimate of drug-likeness (QED) is 0.747. The first kappa shape index (κ1) is 16.6. The summed E-state index contributed by atoms with van der Waals surface area (Å²) in [7, 11) is 0. The van der Waals surface area contributed by atoms with Gasteiger partial charge in [0.25, 0.3) is 5.91 Å². The van der Waals surface area contributed by atoms with Crippen molar-refractivity contribution in [2.24, 2.45) is 0 Å². The van der Waals surface area contributed by atoms with Crippen molar-refractivity contribution >= 4 is 11.6 Å². The van der Waals surface area contributed by atoms with Gasteiger partial charge >= 0.3 is 0 Å². The van der Waals surface area contributed by atoms with Crippen LogP contribution in [0.1, 0.15) is 18.3 Å². The summed E-state index contributed by atoms with van der Waals surface area (Å²) in [5.74, 6) is 1.17. The average Bonchev–Trinajstić information content (AvgIpc) is 3.10. The zero-order chi connectivity index (χ0) is 17.6. The topological polar surface area (TPSA) is 81.9 Å². The van der Waals surface area contributed by atoms with E-state index in [9.17, 15) is 4.79 Å². The van der Waals surface area contributed by atoms with Gasteiger partial charge in [0.15, 0.2) is 12.4 Å². The van der Waals surface area contributed by atoms with Gasteiger partial charge in [-0.05, 0) is 41.1 Å². The van der Waals surface area contributed by atoms with Crippen molar-refractivity contribution in [1.29, 1.82) is 0 Å². The zero-order valence-corrected chi connectivity index (χ0v) is 14.1. The van der Waals surface area contributed by atoms with Gasteiger partial charge < -0.3 is 10.1 Å². The molecule has 0 unspecified atom stereocenters. The van der Waals surface area contributed by atoms with Gasteiger partial charge in [-0.3, -0.25) is 4.79 Å². The Kier molecular flexibility index (Phi) is 5.03. The Morgan fingerprint density at radius 3 is 2.72 bits per heavy atom. The third-order valence-corrected chi connectivity index (χ3v) is 3.71. The lowest BCUT2D eigenvalue weighted by Gasteiger charge is -2.12. The Morgan fingerprint density at radius 1 is 1.16 bits per heavy atom. The molecule has 0 atom stereocenters. The third kappa shape index (κ3) is 3.82. The van der Waals surface area contributed by atoms with Gasteiger partial charge in [-0.15, -0.1) is 5.10 Å². The number of ether oxygens (including phenoxy) is 1. The second-order valence-corrected chi connectivity index (χ2v) is 5.48. The van der Waals surface area contributed by atoms with Crippen LogP contribution in [-0.4, -0.2) is 32.7 Å². The molecule has 25 heavy (non-hydrogen) atoms. The number of nitrogens with zero attached hydrogens (tertiary/aromatic N) is 4. The van der Waals surface area contributed by atoms with E-state index in [0.717, 1.165) is 11.4 Å². The molecule has 7 heteroatoms. The minimum absolute atomic E-state index is 0.0740. The molecule has 3 aromatic rings. The Balaban J connectivity index is 1.73. The number of benzene rings is 2. The van der Waals surface area contributed by atoms with E-state index in [1.165, 1.54) is 0 Å². The van der Waals surface area contributed by atoms with Crippen LogP contribution >= 0.6 is 0 Å². The molecule has 2 aromatic carbocycles. The van der Waals surface area contributed by atoms with Crippen molar-refractivity contribution in [2.45, 2.75) is 20.3 Å². The first-order chi connectivity index (χ1) is 12.2. The summed E-state index contributed by atoms with van der Waals surface area (Å²) >= 11 is 0. The van der Waals surface area contributed by atoms with Gasteiger partial charge in [-0.1, -0.05) is 37.3 Å². The maximum atomic E-state index is 12.3. The van der Waals surface area contributed by atoms with Crippen LogP contribution in [0.3, 0.4) is 0 Å². The van der Waals surface area contributed by atoms with E-state index in [1.54, 1.807) is 4.68 Å². The van der Waals surface area contributed by atoms with Crippen LogP contribution in [0.25, 0.3) is 5.69 Å². The standard InChI is InChI=1S/C18H19N5O2/c1-3-17-20-21-22-23(17)15-10-6-5-9-14(15)19-18(24)12-25-16-11-7-4-8-13(16)2/h4-11H,3,12H2,1-2H3,(H,19,24). The highest BCUT2D eigenvalue weighted by molar-refractivity contribution is 5.93. The molecule has 0 aliphatic rings. The first-order valence-corrected chi connectivity index (χ1v) is 8.04. The molecule has 0 aliphatic carbocycles. The molecule has 0 fully saturated rings. The van der Waals surface area contributed by atoms with Gasteiger partial charge in [0.05, 0.1) is 11.4 Å². The number of para-hydroxylation sites is 3. The summed E-state index contributed by atoms with van der Waals surface area (Å²) in [6, 6.07) is 15.0. The minimum atomic E-state index is -0.248. The predicted molar refractivity (Wildman–Crippen MR) is 93.8 cm³/mol. The monoisotopic (exact) mass is 337 g/mol. The molecule has 1 heterocycles. The molecule has 0 aliphatic heterocycles. The van der Waals surface area contributed by atoms with Crippen molar-refractivity contribution in [3.63, 3.8) is 0 Å². The van der Waals surface area contributed by atoms with Crippen LogP contribution in [0.15, 0.2) is 48.5 Å². The number of aromatic nitrogens is 4. The highest BCUT2D eigenvalue weighted by Crippen LogP contribution is 2.20. The third-order valence-electron chi connectivity index (χ3n) is 3.71. The Hall–Kier alpha value is -3.22. The number of aryl methyl sites for hydroxylation is 2. The van der Waals surface area contributed by atoms with Crippen LogP contribution in [0.4, 0.5) is 5.69 Å². The number of tetrazole rings is 1. The van der Waals surface area contributed by atoms with Crippen molar-refractivity contribution in [3.8, 4) is 11.4 Å². The predicted octanol–water partition coefficient (Wildman–Crippen LogP) is 2.55. The van der Waals surface area contributed by atoms with E-state index in [1.807, 2.05) is 62.4 Å². The van der Waals surface area contributed by atoms with Gasteiger partial charge in [-0.2, -0.15) is 4.68 Å². The van der Waals surface area contributed by atoms with Gasteiger partial charge in [0.1, 0.15) is 5.75 Å². The maximum Gasteiger partial charge on any atom is 0.262 e. The summed E-state index contributed by atoms with van der Waals surface area (Å²) < 4.78 is 7.21. The smallest absolute Gasteiger partial charge is 0.262 e. The van der Waals surface area contributed by atoms with Gasteiger partial charge in [-0.25, -0.2) is 0 Å². The molecule has 128 valence electrons. The number of anilines is 1. The lowest BCUT2D eigenvalue weighted by molar-refractivity contribution is -0.118. The highest BCUT2D eigenvalue weighted by Gasteiger charge is 2.13. The summed E-state index contributed by atoms with van der Waals surface area (Å²) in [4.78, 5) is 12.3. The van der Waals surface area contributed by atoms with E-state index in [4.69, 9.17) is 4.74 Å². The largest absolute Gasteiger partial charge is 0.483 e. The van der Waals surface area contributed by atoms with E-state index in [0.29, 0.717) is 23.5 Å². The molecule has 1 N–H and O–H groups in total. The second-order valence-electron chi connectivity index (χ2n) is 5.48.